The van der Waals surface area contributed by atoms with E-state index in [-0.39, 0.29) is 10.8 Å². The Morgan fingerprint density at radius 1 is 1.13 bits per heavy atom. The predicted molar refractivity (Wildman–Crippen MR) is 65.8 cm³/mol. The summed E-state index contributed by atoms with van der Waals surface area (Å²) in [5, 5.41) is 10.1. The van der Waals surface area contributed by atoms with Crippen LogP contribution in [0.5, 0.6) is 0 Å². The first-order chi connectivity index (χ1) is 6.62. The quantitative estimate of drug-likeness (QED) is 0.623. The van der Waals surface area contributed by atoms with Crippen molar-refractivity contribution in [3.8, 4) is 0 Å². The van der Waals surface area contributed by atoms with Crippen LogP contribution >= 0.6 is 0 Å². The SMILES string of the molecule is CC1=CC(C)(C)C=C(O)C(C(C)(C)C)=C1. The zero-order chi connectivity index (χ0) is 11.9. The van der Waals surface area contributed by atoms with Gasteiger partial charge in [-0.05, 0) is 24.0 Å². The fourth-order valence-corrected chi connectivity index (χ4v) is 2.00. The van der Waals surface area contributed by atoms with E-state index in [1.165, 1.54) is 5.57 Å². The highest BCUT2D eigenvalue weighted by atomic mass is 16.3. The summed E-state index contributed by atoms with van der Waals surface area (Å²) in [7, 11) is 0. The van der Waals surface area contributed by atoms with Gasteiger partial charge in [-0.15, -0.1) is 0 Å². The van der Waals surface area contributed by atoms with Crippen molar-refractivity contribution >= 4 is 0 Å². The molecule has 0 heterocycles. The standard InChI is InChI=1S/C14H22O/c1-10-7-11(13(2,3)4)12(15)9-14(5,6)8-10/h7-9,15H,1-6H3. The molecule has 0 bridgehead atoms. The molecule has 0 aromatic rings. The van der Waals surface area contributed by atoms with Crippen molar-refractivity contribution in [2.75, 3.05) is 0 Å². The molecule has 0 atom stereocenters. The van der Waals surface area contributed by atoms with E-state index in [0.717, 1.165) is 5.57 Å². The maximum Gasteiger partial charge on any atom is 0.116 e. The molecule has 0 fully saturated rings. The number of hydrogen-bond acceptors (Lipinski definition) is 1. The van der Waals surface area contributed by atoms with Crippen LogP contribution in [-0.4, -0.2) is 5.11 Å². The van der Waals surface area contributed by atoms with Crippen LogP contribution in [0.2, 0.25) is 0 Å². The highest BCUT2D eigenvalue weighted by molar-refractivity contribution is 5.41. The van der Waals surface area contributed by atoms with Gasteiger partial charge in [-0.25, -0.2) is 0 Å². The second-order valence-corrected chi connectivity index (χ2v) is 6.05. The molecule has 0 aromatic carbocycles. The second kappa shape index (κ2) is 3.55. The van der Waals surface area contributed by atoms with Gasteiger partial charge < -0.3 is 5.11 Å². The Bertz CT molecular complexity index is 346. The third-order valence-corrected chi connectivity index (χ3v) is 2.56. The molecule has 1 aliphatic carbocycles. The molecule has 0 spiro atoms. The fraction of sp³-hybridized carbons (Fsp3) is 0.571. The highest BCUT2D eigenvalue weighted by Gasteiger charge is 2.25. The Morgan fingerprint density at radius 2 is 1.67 bits per heavy atom. The molecule has 0 unspecified atom stereocenters. The first-order valence-electron chi connectivity index (χ1n) is 5.46. The van der Waals surface area contributed by atoms with Gasteiger partial charge in [-0.3, -0.25) is 0 Å². The van der Waals surface area contributed by atoms with Crippen LogP contribution in [-0.2, 0) is 0 Å². The summed E-state index contributed by atoms with van der Waals surface area (Å²) in [5.41, 5.74) is 2.14. The molecule has 0 saturated heterocycles. The van der Waals surface area contributed by atoms with Crippen molar-refractivity contribution in [2.45, 2.75) is 41.5 Å². The van der Waals surface area contributed by atoms with Crippen LogP contribution in [0.15, 0.2) is 35.1 Å². The van der Waals surface area contributed by atoms with Gasteiger partial charge in [0.05, 0.1) is 0 Å². The third kappa shape index (κ3) is 2.98. The molecule has 0 radical (unpaired) electrons. The molecule has 0 aromatic heterocycles. The summed E-state index contributed by atoms with van der Waals surface area (Å²) in [5.74, 6) is 0.417. The average Bonchev–Trinajstić information content (AvgIpc) is 2.03. The lowest BCUT2D eigenvalue weighted by Crippen LogP contribution is -2.12. The Balaban J connectivity index is 3.27. The van der Waals surface area contributed by atoms with Gasteiger partial charge in [0.25, 0.3) is 0 Å². The van der Waals surface area contributed by atoms with Crippen molar-refractivity contribution < 1.29 is 5.11 Å². The first-order valence-corrected chi connectivity index (χ1v) is 5.46. The first kappa shape index (κ1) is 12.1. The van der Waals surface area contributed by atoms with Crippen molar-refractivity contribution in [3.63, 3.8) is 0 Å². The smallest absolute Gasteiger partial charge is 0.116 e. The molecular weight excluding hydrogens is 184 g/mol. The normalized spacial score (nSPS) is 21.3. The zero-order valence-electron chi connectivity index (χ0n) is 10.7. The van der Waals surface area contributed by atoms with Gasteiger partial charge in [0.2, 0.25) is 0 Å². The van der Waals surface area contributed by atoms with Gasteiger partial charge in [0, 0.05) is 5.41 Å². The molecule has 0 aliphatic heterocycles. The predicted octanol–water partition coefficient (Wildman–Crippen LogP) is 4.39. The van der Waals surface area contributed by atoms with E-state index in [1.807, 2.05) is 6.08 Å². The van der Waals surface area contributed by atoms with Gasteiger partial charge in [0.15, 0.2) is 0 Å². The summed E-state index contributed by atoms with van der Waals surface area (Å²) < 4.78 is 0. The molecule has 1 N–H and O–H groups in total. The van der Waals surface area contributed by atoms with Crippen LogP contribution in [0.25, 0.3) is 0 Å². The minimum atomic E-state index is -0.0718. The topological polar surface area (TPSA) is 20.2 Å². The zero-order valence-corrected chi connectivity index (χ0v) is 10.7. The van der Waals surface area contributed by atoms with E-state index in [4.69, 9.17) is 0 Å². The molecule has 0 amide bonds. The van der Waals surface area contributed by atoms with Crippen molar-refractivity contribution in [1.82, 2.24) is 0 Å². The van der Waals surface area contributed by atoms with Crippen molar-refractivity contribution in [1.29, 1.82) is 0 Å². The Kier molecular flexibility index (Phi) is 2.86. The minimum Gasteiger partial charge on any atom is -0.508 e. The summed E-state index contributed by atoms with van der Waals surface area (Å²) in [6.45, 7) is 12.6. The minimum absolute atomic E-state index is 0.0178. The lowest BCUT2D eigenvalue weighted by atomic mass is 9.84. The molecule has 1 nitrogen and oxygen atoms in total. The maximum atomic E-state index is 10.1. The summed E-state index contributed by atoms with van der Waals surface area (Å²) >= 11 is 0. The number of aliphatic hydroxyl groups excluding tert-OH is 1. The van der Waals surface area contributed by atoms with E-state index in [1.54, 1.807) is 0 Å². The van der Waals surface area contributed by atoms with E-state index in [0.29, 0.717) is 5.76 Å². The number of hydrogen-bond donors (Lipinski definition) is 1. The van der Waals surface area contributed by atoms with Crippen LogP contribution in [0.4, 0.5) is 0 Å². The van der Waals surface area contributed by atoms with E-state index >= 15 is 0 Å². The maximum absolute atomic E-state index is 10.1. The van der Waals surface area contributed by atoms with Crippen molar-refractivity contribution in [2.24, 2.45) is 10.8 Å². The number of aliphatic hydroxyl groups is 1. The lowest BCUT2D eigenvalue weighted by Gasteiger charge is -2.23. The van der Waals surface area contributed by atoms with Gasteiger partial charge in [0.1, 0.15) is 5.76 Å². The van der Waals surface area contributed by atoms with E-state index in [9.17, 15) is 5.11 Å². The van der Waals surface area contributed by atoms with E-state index in [2.05, 4.69) is 53.7 Å². The summed E-state index contributed by atoms with van der Waals surface area (Å²) in [6, 6.07) is 0. The lowest BCUT2D eigenvalue weighted by molar-refractivity contribution is 0.370. The van der Waals surface area contributed by atoms with Gasteiger partial charge in [-0.1, -0.05) is 52.3 Å². The summed E-state index contributed by atoms with van der Waals surface area (Å²) in [4.78, 5) is 0. The fourth-order valence-electron chi connectivity index (χ4n) is 2.00. The van der Waals surface area contributed by atoms with Gasteiger partial charge >= 0.3 is 0 Å². The molecule has 1 rings (SSSR count). The Hall–Kier alpha value is -0.980. The Labute approximate surface area is 93.2 Å². The average molecular weight is 206 g/mol. The van der Waals surface area contributed by atoms with Gasteiger partial charge in [-0.2, -0.15) is 0 Å². The molecule has 84 valence electrons. The Morgan fingerprint density at radius 3 is 2.13 bits per heavy atom. The molecule has 1 aliphatic rings. The number of rotatable bonds is 0. The highest BCUT2D eigenvalue weighted by Crippen LogP contribution is 2.36. The van der Waals surface area contributed by atoms with Crippen molar-refractivity contribution in [3.05, 3.63) is 35.1 Å². The monoisotopic (exact) mass is 206 g/mol. The molecule has 15 heavy (non-hydrogen) atoms. The molecule has 0 saturated carbocycles. The van der Waals surface area contributed by atoms with Crippen LogP contribution in [0.1, 0.15) is 41.5 Å². The third-order valence-electron chi connectivity index (χ3n) is 2.56. The molecule has 1 heteroatoms. The van der Waals surface area contributed by atoms with Crippen LogP contribution in [0.3, 0.4) is 0 Å². The largest absolute Gasteiger partial charge is 0.508 e. The number of allylic oxidation sites excluding steroid dienone is 5. The second-order valence-electron chi connectivity index (χ2n) is 6.05. The summed E-state index contributed by atoms with van der Waals surface area (Å²) in [6.07, 6.45) is 6.20. The van der Waals surface area contributed by atoms with Crippen LogP contribution in [0, 0.1) is 10.8 Å². The van der Waals surface area contributed by atoms with E-state index < -0.39 is 0 Å². The van der Waals surface area contributed by atoms with Crippen LogP contribution < -0.4 is 0 Å². The molecular formula is C14H22O.